The van der Waals surface area contributed by atoms with Crippen molar-refractivity contribution in [1.29, 1.82) is 0 Å². The van der Waals surface area contributed by atoms with Gasteiger partial charge in [0, 0.05) is 24.6 Å². The van der Waals surface area contributed by atoms with Crippen LogP contribution in [0.4, 0.5) is 4.79 Å². The van der Waals surface area contributed by atoms with Crippen molar-refractivity contribution >= 4 is 17.9 Å². The molecule has 4 nitrogen and oxygen atoms in total. The Hall–Kier alpha value is -0.190. The van der Waals surface area contributed by atoms with Crippen LogP contribution in [-0.4, -0.2) is 54.3 Å². The van der Waals surface area contributed by atoms with Crippen molar-refractivity contribution in [2.75, 3.05) is 33.7 Å². The van der Waals surface area contributed by atoms with Gasteiger partial charge in [-0.15, -0.1) is 0 Å². The van der Waals surface area contributed by atoms with Gasteiger partial charge in [0.2, 0.25) is 0 Å². The number of likely N-dealkylation sites (tertiary alicyclic amines) is 1. The van der Waals surface area contributed by atoms with Gasteiger partial charge in [-0.2, -0.15) is 0 Å². The Morgan fingerprint density at radius 2 is 1.93 bits per heavy atom. The summed E-state index contributed by atoms with van der Waals surface area (Å²) < 4.78 is 7.50. The molecule has 88 valence electrons. The average molecular weight is 255 g/mol. The molecule has 0 aromatic heterocycles. The normalized spacial score (nSPS) is 27.4. The molecule has 0 N–H and O–H groups in total. The molecule has 1 spiro atoms. The summed E-state index contributed by atoms with van der Waals surface area (Å²) in [6.07, 6.45) is 1.43. The topological polar surface area (TPSA) is 29.5 Å². The molecule has 2 saturated heterocycles. The fourth-order valence-electron chi connectivity index (χ4n) is 2.09. The lowest BCUT2D eigenvalue weighted by atomic mass is 9.91. The zero-order chi connectivity index (χ0) is 10.4. The molecule has 15 heavy (non-hydrogen) atoms. The first-order chi connectivity index (χ1) is 6.43. The van der Waals surface area contributed by atoms with Crippen molar-refractivity contribution in [1.82, 2.24) is 4.42 Å². The third-order valence-electron chi connectivity index (χ3n) is 3.27. The molecule has 1 amide bonds. The lowest BCUT2D eigenvalue weighted by molar-refractivity contribution is -0.897. The number of hydrogen-bond acceptors (Lipinski definition) is 2. The number of rotatable bonds is 0. The molecule has 2 fully saturated rings. The molecule has 0 radical (unpaired) electrons. The highest BCUT2D eigenvalue weighted by Crippen LogP contribution is 2.35. The largest absolute Gasteiger partial charge is 1.00 e. The first kappa shape index (κ1) is 12.9. The smallest absolute Gasteiger partial charge is 0.425 e. The zero-order valence-corrected chi connectivity index (χ0v) is 10.5. The molecule has 2 heterocycles. The Labute approximate surface area is 101 Å². The van der Waals surface area contributed by atoms with Crippen LogP contribution in [0.5, 0.6) is 0 Å². The minimum Gasteiger partial charge on any atom is -1.00 e. The highest BCUT2D eigenvalue weighted by molar-refractivity contribution is 6.20. The second-order valence-electron chi connectivity index (χ2n) is 4.95. The zero-order valence-electron chi connectivity index (χ0n) is 9.00. The van der Waals surface area contributed by atoms with Crippen LogP contribution in [0.2, 0.25) is 0 Å². The van der Waals surface area contributed by atoms with E-state index in [0.717, 1.165) is 34.8 Å². The Morgan fingerprint density at radius 1 is 1.40 bits per heavy atom. The molecule has 2 aliphatic rings. The molecule has 0 aromatic carbocycles. The van der Waals surface area contributed by atoms with E-state index in [1.165, 1.54) is 0 Å². The third-order valence-corrected chi connectivity index (χ3v) is 3.53. The Morgan fingerprint density at radius 3 is 2.33 bits per heavy atom. The van der Waals surface area contributed by atoms with Gasteiger partial charge in [0.1, 0.15) is 5.60 Å². The van der Waals surface area contributed by atoms with Gasteiger partial charge in [-0.3, -0.25) is 0 Å². The number of nitrogens with zero attached hydrogens (tertiary/aromatic N) is 2. The molecular weight excluding hydrogens is 239 g/mol. The second kappa shape index (κ2) is 4.00. The average Bonchev–Trinajstić information content (AvgIpc) is 2.36. The minimum absolute atomic E-state index is 0. The number of hydrogen-bond donors (Lipinski definition) is 0. The second-order valence-corrected chi connectivity index (χ2v) is 5.36. The summed E-state index contributed by atoms with van der Waals surface area (Å²) in [6, 6.07) is 0. The standard InChI is InChI=1S/C9H16ClN2O2.ClH/c1-12(2)5-3-9(4-6-12)7-11(10)8(13)14-9;/h3-7H2,1-2H3;1H/q+1;/p-1. The van der Waals surface area contributed by atoms with Gasteiger partial charge >= 0.3 is 6.09 Å². The monoisotopic (exact) mass is 254 g/mol. The number of carbonyl (C=O) groups is 1. The summed E-state index contributed by atoms with van der Waals surface area (Å²) >= 11 is 5.71. The number of carbonyl (C=O) groups excluding carboxylic acids is 1. The summed E-state index contributed by atoms with van der Waals surface area (Å²) in [5, 5.41) is 0. The third kappa shape index (κ3) is 2.49. The quantitative estimate of drug-likeness (QED) is 0.378. The van der Waals surface area contributed by atoms with Gasteiger partial charge in [0.15, 0.2) is 0 Å². The van der Waals surface area contributed by atoms with E-state index in [1.54, 1.807) is 0 Å². The highest BCUT2D eigenvalue weighted by atomic mass is 35.5. The van der Waals surface area contributed by atoms with Crippen molar-refractivity contribution in [3.63, 3.8) is 0 Å². The molecule has 0 saturated carbocycles. The summed E-state index contributed by atoms with van der Waals surface area (Å²) in [5.74, 6) is 0. The van der Waals surface area contributed by atoms with Crippen LogP contribution in [0.1, 0.15) is 12.8 Å². The Balaban J connectivity index is 0.00000112. The minimum atomic E-state index is -0.390. The van der Waals surface area contributed by atoms with E-state index in [4.69, 9.17) is 16.5 Å². The molecule has 0 atom stereocenters. The summed E-state index contributed by atoms with van der Waals surface area (Å²) in [7, 11) is 4.39. The van der Waals surface area contributed by atoms with Gasteiger partial charge < -0.3 is 21.6 Å². The van der Waals surface area contributed by atoms with Gasteiger partial charge in [-0.1, -0.05) is 0 Å². The molecule has 2 aliphatic heterocycles. The van der Waals surface area contributed by atoms with Crippen LogP contribution < -0.4 is 12.4 Å². The van der Waals surface area contributed by atoms with Crippen molar-refractivity contribution in [3.8, 4) is 0 Å². The maximum atomic E-state index is 11.2. The van der Waals surface area contributed by atoms with E-state index in [0.29, 0.717) is 6.54 Å². The van der Waals surface area contributed by atoms with Crippen LogP contribution in [0.15, 0.2) is 0 Å². The van der Waals surface area contributed by atoms with Crippen LogP contribution in [0.25, 0.3) is 0 Å². The van der Waals surface area contributed by atoms with Gasteiger partial charge in [-0.25, -0.2) is 9.21 Å². The van der Waals surface area contributed by atoms with E-state index in [-0.39, 0.29) is 24.1 Å². The van der Waals surface area contributed by atoms with Crippen molar-refractivity contribution in [2.24, 2.45) is 0 Å². The van der Waals surface area contributed by atoms with E-state index < -0.39 is 0 Å². The molecule has 0 aliphatic carbocycles. The summed E-state index contributed by atoms with van der Waals surface area (Å²) in [6.45, 7) is 2.61. The number of amides is 1. The Bertz CT molecular complexity index is 261. The molecule has 0 aromatic rings. The number of halogens is 2. The highest BCUT2D eigenvalue weighted by Gasteiger charge is 2.49. The van der Waals surface area contributed by atoms with Gasteiger partial charge in [0.25, 0.3) is 0 Å². The van der Waals surface area contributed by atoms with E-state index in [9.17, 15) is 4.79 Å². The molecular formula is C9H16Cl2N2O2. The summed E-state index contributed by atoms with van der Waals surface area (Å²) in [5.41, 5.74) is -0.299. The SMILES string of the molecule is C[N+]1(C)CCC2(CC1)CN(Cl)C(=O)O2.[Cl-]. The lowest BCUT2D eigenvalue weighted by Crippen LogP contribution is -3.00. The number of piperidine rings is 1. The number of quaternary nitrogens is 1. The molecule has 0 bridgehead atoms. The fraction of sp³-hybridized carbons (Fsp3) is 0.889. The number of ether oxygens (including phenoxy) is 1. The van der Waals surface area contributed by atoms with Gasteiger partial charge in [-0.05, 0) is 0 Å². The Kier molecular flexibility index (Phi) is 3.43. The van der Waals surface area contributed by atoms with Crippen molar-refractivity contribution in [3.05, 3.63) is 0 Å². The van der Waals surface area contributed by atoms with Crippen LogP contribution in [0.3, 0.4) is 0 Å². The van der Waals surface area contributed by atoms with Crippen LogP contribution in [-0.2, 0) is 4.74 Å². The lowest BCUT2D eigenvalue weighted by Gasteiger charge is -2.40. The van der Waals surface area contributed by atoms with Crippen LogP contribution >= 0.6 is 11.8 Å². The van der Waals surface area contributed by atoms with Crippen molar-refractivity contribution < 1.29 is 26.4 Å². The first-order valence-corrected chi connectivity index (χ1v) is 5.25. The maximum Gasteiger partial charge on any atom is 0.425 e. The van der Waals surface area contributed by atoms with E-state index >= 15 is 0 Å². The maximum absolute atomic E-state index is 11.2. The molecule has 2 rings (SSSR count). The molecule has 0 unspecified atom stereocenters. The van der Waals surface area contributed by atoms with E-state index in [1.807, 2.05) is 0 Å². The molecule has 6 heteroatoms. The van der Waals surface area contributed by atoms with Crippen LogP contribution in [0, 0.1) is 0 Å². The van der Waals surface area contributed by atoms with Crippen molar-refractivity contribution in [2.45, 2.75) is 18.4 Å². The fourth-order valence-corrected chi connectivity index (χ4v) is 2.35. The van der Waals surface area contributed by atoms with E-state index in [2.05, 4.69) is 14.1 Å². The summed E-state index contributed by atoms with van der Waals surface area (Å²) in [4.78, 5) is 11.2. The van der Waals surface area contributed by atoms with Gasteiger partial charge in [0.05, 0.1) is 33.7 Å². The predicted molar refractivity (Wildman–Crippen MR) is 52.8 cm³/mol. The first-order valence-electron chi connectivity index (χ1n) is 4.91. The predicted octanol–water partition coefficient (Wildman–Crippen LogP) is -1.79.